The lowest BCUT2D eigenvalue weighted by atomic mass is 10.2. The van der Waals surface area contributed by atoms with Gasteiger partial charge in [0.25, 0.3) is 5.91 Å². The fourth-order valence-corrected chi connectivity index (χ4v) is 4.39. The van der Waals surface area contributed by atoms with E-state index in [0.29, 0.717) is 24.1 Å². The second kappa shape index (κ2) is 7.51. The SMILES string of the molecule is O=C(c1cccnc1)N1CCC[C@H]1c1nnc(S(=O)(=O)Cc2ccccc2)o1. The van der Waals surface area contributed by atoms with E-state index in [0.717, 1.165) is 6.42 Å². The maximum Gasteiger partial charge on any atom is 0.335 e. The summed E-state index contributed by atoms with van der Waals surface area (Å²) in [5.74, 6) is -0.276. The van der Waals surface area contributed by atoms with Gasteiger partial charge in [-0.05, 0) is 30.5 Å². The number of amides is 1. The lowest BCUT2D eigenvalue weighted by Crippen LogP contribution is -2.30. The van der Waals surface area contributed by atoms with E-state index < -0.39 is 21.1 Å². The Morgan fingerprint density at radius 1 is 1.14 bits per heavy atom. The molecule has 8 nitrogen and oxygen atoms in total. The van der Waals surface area contributed by atoms with Gasteiger partial charge in [-0.2, -0.15) is 0 Å². The molecule has 1 fully saturated rings. The third-order valence-corrected chi connectivity index (χ3v) is 6.01. The van der Waals surface area contributed by atoms with Gasteiger partial charge < -0.3 is 9.32 Å². The van der Waals surface area contributed by atoms with E-state index in [2.05, 4.69) is 15.2 Å². The second-order valence-corrected chi connectivity index (χ2v) is 8.42. The van der Waals surface area contributed by atoms with Gasteiger partial charge >= 0.3 is 5.22 Å². The van der Waals surface area contributed by atoms with E-state index in [4.69, 9.17) is 4.42 Å². The third kappa shape index (κ3) is 3.65. The summed E-state index contributed by atoms with van der Waals surface area (Å²) in [6, 6.07) is 11.7. The van der Waals surface area contributed by atoms with Crippen molar-refractivity contribution in [2.24, 2.45) is 0 Å². The van der Waals surface area contributed by atoms with Crippen LogP contribution in [0.4, 0.5) is 0 Å². The first kappa shape index (κ1) is 18.3. The van der Waals surface area contributed by atoms with Crippen molar-refractivity contribution >= 4 is 15.7 Å². The number of hydrogen-bond acceptors (Lipinski definition) is 7. The first-order chi connectivity index (χ1) is 13.5. The summed E-state index contributed by atoms with van der Waals surface area (Å²) in [7, 11) is -3.77. The van der Waals surface area contributed by atoms with Crippen LogP contribution in [-0.2, 0) is 15.6 Å². The van der Waals surface area contributed by atoms with Gasteiger partial charge in [0.15, 0.2) is 0 Å². The van der Waals surface area contributed by atoms with Gasteiger partial charge in [-0.25, -0.2) is 8.42 Å². The van der Waals surface area contributed by atoms with E-state index >= 15 is 0 Å². The molecule has 0 aliphatic carbocycles. The van der Waals surface area contributed by atoms with Crippen LogP contribution in [0, 0.1) is 0 Å². The minimum atomic E-state index is -3.77. The van der Waals surface area contributed by atoms with Crippen LogP contribution in [0.1, 0.15) is 40.7 Å². The van der Waals surface area contributed by atoms with Gasteiger partial charge in [0.05, 0.1) is 11.3 Å². The van der Waals surface area contributed by atoms with Crippen LogP contribution in [-0.4, -0.2) is 41.0 Å². The molecule has 0 saturated carbocycles. The molecule has 0 spiro atoms. The quantitative estimate of drug-likeness (QED) is 0.650. The highest BCUT2D eigenvalue weighted by molar-refractivity contribution is 7.90. The number of rotatable bonds is 5. The van der Waals surface area contributed by atoms with Crippen LogP contribution < -0.4 is 0 Å². The number of carbonyl (C=O) groups is 1. The largest absolute Gasteiger partial charge is 0.410 e. The number of benzene rings is 1. The summed E-state index contributed by atoms with van der Waals surface area (Å²) >= 11 is 0. The highest BCUT2D eigenvalue weighted by atomic mass is 32.2. The maximum atomic E-state index is 12.8. The number of sulfone groups is 1. The van der Waals surface area contributed by atoms with Crippen LogP contribution in [0.15, 0.2) is 64.5 Å². The average molecular weight is 398 g/mol. The molecule has 1 aliphatic heterocycles. The van der Waals surface area contributed by atoms with Crippen molar-refractivity contribution in [2.45, 2.75) is 29.9 Å². The second-order valence-electron chi connectivity index (χ2n) is 6.55. The number of carbonyl (C=O) groups excluding carboxylic acids is 1. The van der Waals surface area contributed by atoms with Gasteiger partial charge in [-0.1, -0.05) is 35.4 Å². The average Bonchev–Trinajstić information content (AvgIpc) is 3.38. The van der Waals surface area contributed by atoms with Crippen molar-refractivity contribution in [1.82, 2.24) is 20.1 Å². The van der Waals surface area contributed by atoms with Crippen molar-refractivity contribution in [3.63, 3.8) is 0 Å². The topological polar surface area (TPSA) is 106 Å². The van der Waals surface area contributed by atoms with Gasteiger partial charge in [-0.3, -0.25) is 9.78 Å². The molecule has 1 aliphatic rings. The lowest BCUT2D eigenvalue weighted by Gasteiger charge is -2.21. The molecule has 1 atom stereocenters. The fraction of sp³-hybridized carbons (Fsp3) is 0.263. The van der Waals surface area contributed by atoms with Crippen molar-refractivity contribution in [3.05, 3.63) is 71.9 Å². The standard InChI is InChI=1S/C19H18N4O4S/c24-18(15-8-4-10-20-12-15)23-11-5-9-16(23)17-21-22-19(27-17)28(25,26)13-14-6-2-1-3-7-14/h1-4,6-8,10,12,16H,5,9,11,13H2/t16-/m0/s1. The molecule has 3 heterocycles. The minimum absolute atomic E-state index is 0.140. The summed E-state index contributed by atoms with van der Waals surface area (Å²) < 4.78 is 30.7. The minimum Gasteiger partial charge on any atom is -0.410 e. The molecular weight excluding hydrogens is 380 g/mol. The highest BCUT2D eigenvalue weighted by Crippen LogP contribution is 2.33. The van der Waals surface area contributed by atoms with Crippen LogP contribution in [0.3, 0.4) is 0 Å². The summed E-state index contributed by atoms with van der Waals surface area (Å²) in [6.07, 6.45) is 4.50. The Kier molecular flexibility index (Phi) is 4.91. The zero-order valence-corrected chi connectivity index (χ0v) is 15.7. The summed E-state index contributed by atoms with van der Waals surface area (Å²) in [5.41, 5.74) is 1.10. The Morgan fingerprint density at radius 3 is 2.71 bits per heavy atom. The monoisotopic (exact) mass is 398 g/mol. The Bertz CT molecular complexity index is 1070. The van der Waals surface area contributed by atoms with Crippen molar-refractivity contribution < 1.29 is 17.6 Å². The molecule has 4 rings (SSSR count). The molecule has 9 heteroatoms. The molecular formula is C19H18N4O4S. The summed E-state index contributed by atoms with van der Waals surface area (Å²) in [6.45, 7) is 0.535. The van der Waals surface area contributed by atoms with E-state index in [1.165, 1.54) is 6.20 Å². The van der Waals surface area contributed by atoms with Gasteiger partial charge in [-0.15, -0.1) is 5.10 Å². The maximum absolute atomic E-state index is 12.8. The van der Waals surface area contributed by atoms with Gasteiger partial charge in [0.2, 0.25) is 15.7 Å². The Morgan fingerprint density at radius 2 is 1.96 bits per heavy atom. The van der Waals surface area contributed by atoms with Gasteiger partial charge in [0, 0.05) is 18.9 Å². The molecule has 2 aromatic heterocycles. The highest BCUT2D eigenvalue weighted by Gasteiger charge is 2.35. The summed E-state index contributed by atoms with van der Waals surface area (Å²) in [5, 5.41) is 7.24. The third-order valence-electron chi connectivity index (χ3n) is 4.59. The van der Waals surface area contributed by atoms with Gasteiger partial charge in [0.1, 0.15) is 6.04 Å². The normalized spacial score (nSPS) is 17.0. The molecule has 144 valence electrons. The number of nitrogens with zero attached hydrogens (tertiary/aromatic N) is 4. The van der Waals surface area contributed by atoms with Crippen molar-refractivity contribution in [3.8, 4) is 0 Å². The number of hydrogen-bond donors (Lipinski definition) is 0. The molecule has 1 amide bonds. The zero-order chi connectivity index (χ0) is 19.6. The van der Waals surface area contributed by atoms with Crippen molar-refractivity contribution in [1.29, 1.82) is 0 Å². The molecule has 0 radical (unpaired) electrons. The number of likely N-dealkylation sites (tertiary alicyclic amines) is 1. The van der Waals surface area contributed by atoms with Crippen LogP contribution >= 0.6 is 0 Å². The summed E-state index contributed by atoms with van der Waals surface area (Å²) in [4.78, 5) is 18.3. The number of pyridine rings is 1. The molecule has 28 heavy (non-hydrogen) atoms. The van der Waals surface area contributed by atoms with E-state index in [1.54, 1.807) is 47.5 Å². The Hall–Kier alpha value is -3.07. The van der Waals surface area contributed by atoms with Crippen LogP contribution in [0.5, 0.6) is 0 Å². The zero-order valence-electron chi connectivity index (χ0n) is 14.9. The Labute approximate surface area is 162 Å². The van der Waals surface area contributed by atoms with Crippen LogP contribution in [0.25, 0.3) is 0 Å². The van der Waals surface area contributed by atoms with Crippen molar-refractivity contribution in [2.75, 3.05) is 6.54 Å². The van der Waals surface area contributed by atoms with E-state index in [9.17, 15) is 13.2 Å². The molecule has 0 N–H and O–H groups in total. The predicted molar refractivity (Wildman–Crippen MR) is 98.9 cm³/mol. The first-order valence-corrected chi connectivity index (χ1v) is 10.5. The molecule has 1 aromatic carbocycles. The smallest absolute Gasteiger partial charge is 0.335 e. The predicted octanol–water partition coefficient (Wildman–Crippen LogP) is 2.42. The first-order valence-electron chi connectivity index (χ1n) is 8.86. The number of aromatic nitrogens is 3. The Balaban J connectivity index is 1.55. The van der Waals surface area contributed by atoms with E-state index in [1.807, 2.05) is 6.07 Å². The fourth-order valence-electron chi connectivity index (χ4n) is 3.26. The lowest BCUT2D eigenvalue weighted by molar-refractivity contribution is 0.0712. The molecule has 1 saturated heterocycles. The molecule has 0 unspecified atom stereocenters. The molecule has 3 aromatic rings. The molecule has 0 bridgehead atoms. The van der Waals surface area contributed by atoms with E-state index in [-0.39, 0.29) is 17.6 Å². The van der Waals surface area contributed by atoms with Crippen LogP contribution in [0.2, 0.25) is 0 Å².